The first-order valence-corrected chi connectivity index (χ1v) is 14.6. The zero-order valence-electron chi connectivity index (χ0n) is 22.2. The van der Waals surface area contributed by atoms with Gasteiger partial charge >= 0.3 is 0 Å². The Kier molecular flexibility index (Phi) is 9.07. The molecule has 2 aliphatic heterocycles. The van der Waals surface area contributed by atoms with Gasteiger partial charge in [0.05, 0.1) is 29.3 Å². The van der Waals surface area contributed by atoms with Crippen LogP contribution in [-0.2, 0) is 10.0 Å². The van der Waals surface area contributed by atoms with E-state index in [4.69, 9.17) is 5.11 Å². The minimum Gasteiger partial charge on any atom is -0.395 e. The summed E-state index contributed by atoms with van der Waals surface area (Å²) in [6.07, 6.45) is -2.58. The molecule has 2 saturated heterocycles. The molecule has 3 heterocycles. The van der Waals surface area contributed by atoms with Gasteiger partial charge in [0, 0.05) is 39.0 Å². The molecular formula is C26H30F5N5O4S. The van der Waals surface area contributed by atoms with E-state index < -0.39 is 59.0 Å². The summed E-state index contributed by atoms with van der Waals surface area (Å²) in [6, 6.07) is 5.39. The molecule has 9 nitrogen and oxygen atoms in total. The van der Waals surface area contributed by atoms with Crippen molar-refractivity contribution in [2.45, 2.75) is 38.5 Å². The summed E-state index contributed by atoms with van der Waals surface area (Å²) in [7, 11) is -3.89. The summed E-state index contributed by atoms with van der Waals surface area (Å²) < 4.78 is 95.1. The molecule has 15 heteroatoms. The van der Waals surface area contributed by atoms with E-state index in [0.717, 1.165) is 0 Å². The van der Waals surface area contributed by atoms with Crippen LogP contribution in [0.1, 0.15) is 41.6 Å². The van der Waals surface area contributed by atoms with Crippen molar-refractivity contribution in [1.29, 1.82) is 0 Å². The zero-order chi connectivity index (χ0) is 29.9. The van der Waals surface area contributed by atoms with Crippen LogP contribution in [0.25, 0.3) is 0 Å². The van der Waals surface area contributed by atoms with E-state index in [2.05, 4.69) is 15.0 Å². The number of alkyl halides is 2. The average Bonchev–Trinajstić information content (AvgIpc) is 2.90. The van der Waals surface area contributed by atoms with Gasteiger partial charge in [-0.25, -0.2) is 26.6 Å². The first-order chi connectivity index (χ1) is 19.3. The van der Waals surface area contributed by atoms with Crippen LogP contribution in [0.2, 0.25) is 0 Å². The van der Waals surface area contributed by atoms with Gasteiger partial charge in [0.1, 0.15) is 5.82 Å². The first kappa shape index (κ1) is 30.5. The van der Waals surface area contributed by atoms with Crippen molar-refractivity contribution in [2.24, 2.45) is 0 Å². The van der Waals surface area contributed by atoms with E-state index in [1.54, 1.807) is 4.90 Å². The highest BCUT2D eigenvalue weighted by Gasteiger charge is 2.35. The van der Waals surface area contributed by atoms with E-state index >= 15 is 0 Å². The number of hydrogen-bond donors (Lipinski definition) is 3. The Balaban J connectivity index is 1.63. The summed E-state index contributed by atoms with van der Waals surface area (Å²) >= 11 is 0. The number of nitrogens with zero attached hydrogens (tertiary/aromatic N) is 3. The van der Waals surface area contributed by atoms with Gasteiger partial charge in [-0.1, -0.05) is 0 Å². The molecule has 1 aromatic heterocycles. The number of sulfonamides is 1. The van der Waals surface area contributed by atoms with E-state index in [1.165, 1.54) is 36.1 Å². The second-order valence-electron chi connectivity index (χ2n) is 9.99. The molecule has 0 spiro atoms. The van der Waals surface area contributed by atoms with Crippen molar-refractivity contribution >= 4 is 38.9 Å². The van der Waals surface area contributed by atoms with Gasteiger partial charge in [-0.05, 0) is 55.2 Å². The molecule has 0 saturated carbocycles. The van der Waals surface area contributed by atoms with Crippen molar-refractivity contribution in [1.82, 2.24) is 4.98 Å². The van der Waals surface area contributed by atoms with Crippen LogP contribution in [0, 0.1) is 12.7 Å². The minimum atomic E-state index is -3.89. The second-order valence-corrected chi connectivity index (χ2v) is 11.8. The monoisotopic (exact) mass is 603 g/mol. The molecule has 2 aromatic rings. The number of rotatable bonds is 8. The van der Waals surface area contributed by atoms with E-state index in [0.29, 0.717) is 0 Å². The Hall–Kier alpha value is -3.46. The van der Waals surface area contributed by atoms with Gasteiger partial charge in [-0.15, -0.1) is 0 Å². The molecule has 2 aliphatic rings. The molecule has 4 rings (SSSR count). The number of nitrogens with one attached hydrogen (secondary N) is 2. The Labute approximate surface area is 234 Å². The first-order valence-electron chi connectivity index (χ1n) is 12.9. The topological polar surface area (TPSA) is 115 Å². The van der Waals surface area contributed by atoms with Crippen LogP contribution in [-0.4, -0.2) is 68.9 Å². The number of aryl methyl sites for hydroxylation is 1. The smallest absolute Gasteiger partial charge is 0.269 e. The van der Waals surface area contributed by atoms with Crippen LogP contribution < -0.4 is 19.8 Å². The van der Waals surface area contributed by atoms with Gasteiger partial charge in [0.15, 0.2) is 11.6 Å². The van der Waals surface area contributed by atoms with Gasteiger partial charge in [-0.3, -0.25) is 9.52 Å². The number of carbonyl (C=O) groups excluding carboxylic acids is 1. The van der Waals surface area contributed by atoms with Gasteiger partial charge in [0.2, 0.25) is 10.0 Å². The standard InChI is InChI=1S/C26H30F5N5O4S/c1-16-14-21(32-24(22(16)27)36-10-6-26(30,31)7-11-36)33-25(38)19-3-2-18(34-41(39,40)13-12-37)15-20(19)35-8-4-17(5-9-35)23(28)29/h2-3,14-15,34,37H,4-13H2,1H3,(H,32,33,38). The molecule has 3 N–H and O–H groups in total. The summed E-state index contributed by atoms with van der Waals surface area (Å²) in [4.78, 5) is 20.7. The molecule has 0 radical (unpaired) electrons. The summed E-state index contributed by atoms with van der Waals surface area (Å²) in [5, 5.41) is 11.6. The third-order valence-electron chi connectivity index (χ3n) is 7.01. The number of hydrogen-bond acceptors (Lipinski definition) is 7. The third-order valence-corrected chi connectivity index (χ3v) is 8.28. The molecular weight excluding hydrogens is 573 g/mol. The molecule has 0 aliphatic carbocycles. The lowest BCUT2D eigenvalue weighted by molar-refractivity contribution is -0.0222. The largest absolute Gasteiger partial charge is 0.395 e. The second kappa shape index (κ2) is 12.2. The maximum Gasteiger partial charge on any atom is 0.269 e. The van der Waals surface area contributed by atoms with Gasteiger partial charge in [0.25, 0.3) is 17.9 Å². The molecule has 1 aromatic carbocycles. The maximum absolute atomic E-state index is 14.9. The molecule has 0 bridgehead atoms. The van der Waals surface area contributed by atoms with Crippen LogP contribution in [0.4, 0.5) is 45.0 Å². The molecule has 224 valence electrons. The number of pyridine rings is 1. The number of benzene rings is 1. The van der Waals surface area contributed by atoms with Crippen molar-refractivity contribution in [3.05, 3.63) is 52.9 Å². The van der Waals surface area contributed by atoms with Gasteiger partial charge < -0.3 is 20.2 Å². The van der Waals surface area contributed by atoms with Crippen LogP contribution >= 0.6 is 0 Å². The predicted octanol–water partition coefficient (Wildman–Crippen LogP) is 4.50. The molecule has 1 amide bonds. The normalized spacial score (nSPS) is 17.4. The summed E-state index contributed by atoms with van der Waals surface area (Å²) in [5.41, 5.74) is 0.581. The fourth-order valence-corrected chi connectivity index (χ4v) is 5.58. The lowest BCUT2D eigenvalue weighted by atomic mass is 10.0. The van der Waals surface area contributed by atoms with E-state index in [9.17, 15) is 35.2 Å². The van der Waals surface area contributed by atoms with Crippen LogP contribution in [0.5, 0.6) is 0 Å². The fraction of sp³-hybridized carbons (Fsp3) is 0.462. The number of aliphatic hydroxyl groups is 1. The quantitative estimate of drug-likeness (QED) is 0.381. The number of piperidine rings is 2. The lowest BCUT2D eigenvalue weighted by Gasteiger charge is -2.33. The van der Waals surface area contributed by atoms with Gasteiger partial charge in [-0.2, -0.15) is 8.78 Å². The zero-order valence-corrected chi connectivity index (χ0v) is 23.0. The Bertz CT molecular complexity index is 1430. The van der Waals surface area contributed by atoms with Crippen molar-refractivity contribution < 1.29 is 40.3 Å². The Morgan fingerprint density at radius 1 is 1.07 bits per heavy atom. The van der Waals surface area contributed by atoms with Crippen molar-refractivity contribution in [3.8, 4) is 0 Å². The van der Waals surface area contributed by atoms with Crippen molar-refractivity contribution in [2.75, 3.05) is 58.4 Å². The lowest BCUT2D eigenvalue weighted by Crippen LogP contribution is -2.40. The Morgan fingerprint density at radius 2 is 1.73 bits per heavy atom. The number of aromatic nitrogens is 1. The highest BCUT2D eigenvalue weighted by Crippen LogP contribution is 2.34. The number of carbonyl (C=O) groups is 1. The van der Waals surface area contributed by atoms with E-state index in [1.807, 2.05) is 0 Å². The molecule has 2 fully saturated rings. The SMILES string of the molecule is Cc1cc(NC(=O)c2ccc(NS(=O)(=O)CCO)cc2N2CCC(=C(F)F)CC2)nc(N2CCC(F)(F)CC2)c1F. The number of halogens is 5. The highest BCUT2D eigenvalue weighted by atomic mass is 32.2. The highest BCUT2D eigenvalue weighted by molar-refractivity contribution is 7.92. The summed E-state index contributed by atoms with van der Waals surface area (Å²) in [6.45, 7) is 0.892. The van der Waals surface area contributed by atoms with Crippen molar-refractivity contribution in [3.63, 3.8) is 0 Å². The van der Waals surface area contributed by atoms with E-state index in [-0.39, 0.29) is 78.7 Å². The fourth-order valence-electron chi connectivity index (χ4n) is 4.75. The third kappa shape index (κ3) is 7.44. The number of aliphatic hydroxyl groups excluding tert-OH is 1. The molecule has 0 atom stereocenters. The maximum atomic E-state index is 14.9. The van der Waals surface area contributed by atoms with Crippen LogP contribution in [0.15, 0.2) is 35.9 Å². The molecule has 41 heavy (non-hydrogen) atoms. The summed E-state index contributed by atoms with van der Waals surface area (Å²) in [5.74, 6) is -4.95. The number of amides is 1. The average molecular weight is 604 g/mol. The predicted molar refractivity (Wildman–Crippen MR) is 145 cm³/mol. The Morgan fingerprint density at radius 3 is 2.34 bits per heavy atom. The number of anilines is 4. The molecule has 0 unspecified atom stereocenters. The minimum absolute atomic E-state index is 0.000969. The van der Waals surface area contributed by atoms with Crippen LogP contribution in [0.3, 0.4) is 0 Å².